The van der Waals surface area contributed by atoms with Gasteiger partial charge in [-0.1, -0.05) is 60.7 Å². The van der Waals surface area contributed by atoms with Crippen LogP contribution in [0.25, 0.3) is 0 Å². The summed E-state index contributed by atoms with van der Waals surface area (Å²) in [5.74, 6) is 0.0752. The molecule has 18 heavy (non-hydrogen) atoms. The minimum Gasteiger partial charge on any atom is -1.00 e. The Morgan fingerprint density at radius 1 is 0.611 bits per heavy atom. The van der Waals surface area contributed by atoms with Crippen LogP contribution in [0.3, 0.4) is 0 Å². The van der Waals surface area contributed by atoms with Gasteiger partial charge in [0.1, 0.15) is 0 Å². The summed E-state index contributed by atoms with van der Waals surface area (Å²) in [5, 5.41) is 0. The van der Waals surface area contributed by atoms with Crippen LogP contribution in [-0.4, -0.2) is 5.78 Å². The largest absolute Gasteiger partial charge is 3.00 e. The van der Waals surface area contributed by atoms with E-state index in [4.69, 9.17) is 0 Å². The maximum atomic E-state index is 11.8. The Bertz CT molecular complexity index is 393. The minimum absolute atomic E-state index is 0. The number of carbonyl (C=O) groups excluding carboxylic acids is 1. The van der Waals surface area contributed by atoms with Crippen molar-refractivity contribution >= 4 is 5.78 Å². The van der Waals surface area contributed by atoms with E-state index in [-0.39, 0.29) is 64.7 Å². The predicted octanol–water partition coefficient (Wildman–Crippen LogP) is -6.07. The molecule has 0 aliphatic carbocycles. The summed E-state index contributed by atoms with van der Waals surface area (Å²) in [6, 6.07) is 18.6. The minimum atomic E-state index is 0. The van der Waals surface area contributed by atoms with E-state index < -0.39 is 0 Å². The molecule has 0 aliphatic rings. The van der Waals surface area contributed by atoms with Gasteiger partial charge < -0.3 is 37.2 Å². The van der Waals surface area contributed by atoms with E-state index in [1.54, 1.807) is 0 Å². The van der Waals surface area contributed by atoms with Crippen LogP contribution in [-0.2, 0) is 21.7 Å². The second kappa shape index (κ2) is 11.8. The zero-order valence-corrected chi connectivity index (χ0v) is 13.1. The molecule has 5 heteroatoms. The van der Waals surface area contributed by atoms with Gasteiger partial charge in [-0.25, -0.2) is 0 Å². The van der Waals surface area contributed by atoms with E-state index >= 15 is 0 Å². The van der Waals surface area contributed by atoms with E-state index in [1.165, 1.54) is 0 Å². The number of carbonyl (C=O) groups is 1. The van der Waals surface area contributed by atoms with Crippen LogP contribution < -0.4 is 37.2 Å². The molecule has 0 aliphatic heterocycles. The summed E-state index contributed by atoms with van der Waals surface area (Å²) < 4.78 is 0. The summed E-state index contributed by atoms with van der Waals surface area (Å²) in [7, 11) is 0. The van der Waals surface area contributed by atoms with Gasteiger partial charge in [-0.15, -0.1) is 0 Å². The van der Waals surface area contributed by atoms with Gasteiger partial charge in [0, 0.05) is 11.1 Å². The molecule has 0 unspecified atom stereocenters. The molecule has 0 amide bonds. The van der Waals surface area contributed by atoms with Gasteiger partial charge in [-0.2, -0.15) is 0 Å². The molecule has 2 aromatic rings. The smallest absolute Gasteiger partial charge is 1.00 e. The summed E-state index contributed by atoms with van der Waals surface area (Å²) in [5.41, 5.74) is 1.47. The fourth-order valence-corrected chi connectivity index (χ4v) is 1.35. The third kappa shape index (κ3) is 6.04. The SMILES string of the molecule is O=C(c1ccccc1)c1ccccc1.[Cl-].[Cl-].[Cl-].[Ti+3]. The first-order valence-electron chi connectivity index (χ1n) is 4.53. The molecular formula is C13H10Cl3OTi. The Labute approximate surface area is 140 Å². The zero-order chi connectivity index (χ0) is 9.80. The first kappa shape index (κ1) is 22.8. The predicted molar refractivity (Wildman–Crippen MR) is 56.3 cm³/mol. The van der Waals surface area contributed by atoms with Crippen LogP contribution in [0, 0.1) is 0 Å². The number of hydrogen-bond acceptors (Lipinski definition) is 1. The number of halogens is 3. The molecule has 0 N–H and O–H groups in total. The Morgan fingerprint density at radius 3 is 1.17 bits per heavy atom. The van der Waals surface area contributed by atoms with Gasteiger partial charge >= 0.3 is 21.7 Å². The molecule has 0 spiro atoms. The fraction of sp³-hybridized carbons (Fsp3) is 0. The van der Waals surface area contributed by atoms with E-state index in [9.17, 15) is 4.79 Å². The van der Waals surface area contributed by atoms with Crippen molar-refractivity contribution in [3.8, 4) is 0 Å². The van der Waals surface area contributed by atoms with Gasteiger partial charge in [0.15, 0.2) is 5.78 Å². The van der Waals surface area contributed by atoms with Crippen LogP contribution in [0.1, 0.15) is 15.9 Å². The van der Waals surface area contributed by atoms with Crippen molar-refractivity contribution in [2.24, 2.45) is 0 Å². The van der Waals surface area contributed by atoms with E-state index in [2.05, 4.69) is 0 Å². The monoisotopic (exact) mass is 335 g/mol. The molecule has 0 saturated heterocycles. The molecule has 0 saturated carbocycles. The van der Waals surface area contributed by atoms with Crippen molar-refractivity contribution in [1.82, 2.24) is 0 Å². The average molecular weight is 336 g/mol. The van der Waals surface area contributed by atoms with Crippen molar-refractivity contribution in [1.29, 1.82) is 0 Å². The average Bonchev–Trinajstić information content (AvgIpc) is 2.30. The Kier molecular flexibility index (Phi) is 14.9. The first-order valence-corrected chi connectivity index (χ1v) is 4.53. The summed E-state index contributed by atoms with van der Waals surface area (Å²) in [6.45, 7) is 0. The van der Waals surface area contributed by atoms with E-state index in [1.807, 2.05) is 60.7 Å². The normalized spacial score (nSPS) is 7.56. The molecule has 1 radical (unpaired) electrons. The van der Waals surface area contributed by atoms with E-state index in [0.29, 0.717) is 0 Å². The van der Waals surface area contributed by atoms with Gasteiger partial charge in [-0.05, 0) is 0 Å². The third-order valence-corrected chi connectivity index (χ3v) is 2.07. The maximum absolute atomic E-state index is 11.8. The molecule has 0 atom stereocenters. The standard InChI is InChI=1S/C13H10O.3ClH.Ti/c14-13(11-7-3-1-4-8-11)12-9-5-2-6-10-12;;;;/h1-10H;3*1H;/q;;;;+3/p-3. The van der Waals surface area contributed by atoms with Crippen molar-refractivity contribution < 1.29 is 63.7 Å². The van der Waals surface area contributed by atoms with Gasteiger partial charge in [-0.3, -0.25) is 4.79 Å². The summed E-state index contributed by atoms with van der Waals surface area (Å²) in [4.78, 5) is 11.8. The summed E-state index contributed by atoms with van der Waals surface area (Å²) in [6.07, 6.45) is 0. The van der Waals surface area contributed by atoms with Crippen LogP contribution in [0.5, 0.6) is 0 Å². The number of benzene rings is 2. The molecule has 0 aromatic heterocycles. The molecule has 0 fully saturated rings. The van der Waals surface area contributed by atoms with Gasteiger partial charge in [0.2, 0.25) is 0 Å². The third-order valence-electron chi connectivity index (χ3n) is 2.07. The van der Waals surface area contributed by atoms with Gasteiger partial charge in [0.05, 0.1) is 0 Å². The topological polar surface area (TPSA) is 17.1 Å². The molecule has 2 rings (SSSR count). The number of rotatable bonds is 2. The maximum Gasteiger partial charge on any atom is 3.00 e. The second-order valence-electron chi connectivity index (χ2n) is 3.06. The fourth-order valence-electron chi connectivity index (χ4n) is 1.35. The molecule has 0 bridgehead atoms. The Morgan fingerprint density at radius 2 is 0.889 bits per heavy atom. The first-order chi connectivity index (χ1) is 6.88. The van der Waals surface area contributed by atoms with Gasteiger partial charge in [0.25, 0.3) is 0 Å². The van der Waals surface area contributed by atoms with Crippen molar-refractivity contribution in [3.63, 3.8) is 0 Å². The van der Waals surface area contributed by atoms with Crippen LogP contribution in [0.2, 0.25) is 0 Å². The molecule has 93 valence electrons. The number of ketones is 1. The van der Waals surface area contributed by atoms with Crippen LogP contribution in [0.4, 0.5) is 0 Å². The van der Waals surface area contributed by atoms with E-state index in [0.717, 1.165) is 11.1 Å². The zero-order valence-electron chi connectivity index (χ0n) is 9.32. The second-order valence-corrected chi connectivity index (χ2v) is 3.06. The van der Waals surface area contributed by atoms with Crippen LogP contribution >= 0.6 is 0 Å². The number of hydrogen-bond donors (Lipinski definition) is 0. The van der Waals surface area contributed by atoms with Crippen molar-refractivity contribution in [2.45, 2.75) is 0 Å². The molecule has 0 heterocycles. The van der Waals surface area contributed by atoms with Crippen LogP contribution in [0.15, 0.2) is 60.7 Å². The Hall–Kier alpha value is -0.306. The molecule has 1 nitrogen and oxygen atoms in total. The summed E-state index contributed by atoms with van der Waals surface area (Å²) >= 11 is 0. The van der Waals surface area contributed by atoms with Crippen molar-refractivity contribution in [3.05, 3.63) is 71.8 Å². The van der Waals surface area contributed by atoms with Crippen molar-refractivity contribution in [2.75, 3.05) is 0 Å². The molecular weight excluding hydrogens is 326 g/mol. The quantitative estimate of drug-likeness (QED) is 0.394. The molecule has 2 aromatic carbocycles. The Balaban J connectivity index is -0.000000562.